The van der Waals surface area contributed by atoms with Crippen LogP contribution in [0.15, 0.2) is 40.7 Å². The monoisotopic (exact) mass is 403 g/mol. The Kier molecular flexibility index (Phi) is 4.15. The van der Waals surface area contributed by atoms with E-state index in [0.29, 0.717) is 18.7 Å². The van der Waals surface area contributed by atoms with E-state index < -0.39 is 0 Å². The summed E-state index contributed by atoms with van der Waals surface area (Å²) in [6.07, 6.45) is 4.90. The summed E-state index contributed by atoms with van der Waals surface area (Å²) in [5.74, 6) is 0.976. The van der Waals surface area contributed by atoms with Crippen LogP contribution >= 0.6 is 27.3 Å². The minimum atomic E-state index is 0.0202. The number of fused-ring (bicyclic) bond motifs is 1. The first kappa shape index (κ1) is 15.5. The summed E-state index contributed by atoms with van der Waals surface area (Å²) >= 11 is 4.97. The number of halogens is 1. The zero-order valence-electron chi connectivity index (χ0n) is 12.7. The van der Waals surface area contributed by atoms with Crippen molar-refractivity contribution in [3.05, 3.63) is 46.3 Å². The van der Waals surface area contributed by atoms with Gasteiger partial charge in [-0.3, -0.25) is 9.78 Å². The maximum absolute atomic E-state index is 12.6. The van der Waals surface area contributed by atoms with Crippen LogP contribution < -0.4 is 4.90 Å². The second-order valence-electron chi connectivity index (χ2n) is 5.51. The lowest BCUT2D eigenvalue weighted by Crippen LogP contribution is -2.49. The van der Waals surface area contributed by atoms with E-state index in [1.54, 1.807) is 36.1 Å². The van der Waals surface area contributed by atoms with Crippen LogP contribution in [0.2, 0.25) is 0 Å². The van der Waals surface area contributed by atoms with Gasteiger partial charge < -0.3 is 9.80 Å². The molecule has 1 saturated heterocycles. The summed E-state index contributed by atoms with van der Waals surface area (Å²) in [5.41, 5.74) is 0.611. The Morgan fingerprint density at radius 3 is 2.79 bits per heavy atom. The molecule has 0 radical (unpaired) electrons. The van der Waals surface area contributed by atoms with Gasteiger partial charge in [-0.05, 0) is 33.4 Å². The quantitative estimate of drug-likeness (QED) is 0.658. The molecule has 0 saturated carbocycles. The lowest BCUT2D eigenvalue weighted by atomic mass is 10.2. The number of carbonyl (C=O) groups excluding carboxylic acids is 1. The van der Waals surface area contributed by atoms with Gasteiger partial charge >= 0.3 is 0 Å². The molecule has 1 fully saturated rings. The molecular formula is C16H14BrN5OS. The molecule has 8 heteroatoms. The van der Waals surface area contributed by atoms with Gasteiger partial charge in [-0.25, -0.2) is 9.97 Å². The number of aromatic nitrogens is 3. The molecule has 24 heavy (non-hydrogen) atoms. The SMILES string of the molecule is O=C(c1cncc(Br)c1)N1CCN(c2ncnc3sccc23)CC1. The van der Waals surface area contributed by atoms with E-state index in [9.17, 15) is 4.79 Å². The Morgan fingerprint density at radius 2 is 2.00 bits per heavy atom. The zero-order chi connectivity index (χ0) is 16.5. The summed E-state index contributed by atoms with van der Waals surface area (Å²) in [4.78, 5) is 30.5. The number of hydrogen-bond donors (Lipinski definition) is 0. The van der Waals surface area contributed by atoms with Crippen molar-refractivity contribution in [1.29, 1.82) is 0 Å². The molecule has 1 aliphatic rings. The standard InChI is InChI=1S/C16H14BrN5OS/c17-12-7-11(8-18-9-12)16(23)22-4-2-21(3-5-22)14-13-1-6-24-15(13)20-10-19-14/h1,6-10H,2-5H2. The molecule has 0 N–H and O–H groups in total. The van der Waals surface area contributed by atoms with E-state index in [0.717, 1.165) is 33.6 Å². The van der Waals surface area contributed by atoms with E-state index in [2.05, 4.69) is 41.8 Å². The molecule has 0 spiro atoms. The molecule has 1 aliphatic heterocycles. The maximum Gasteiger partial charge on any atom is 0.255 e. The molecule has 3 aromatic rings. The molecule has 4 heterocycles. The molecule has 0 unspecified atom stereocenters. The Hall–Kier alpha value is -2.06. The number of anilines is 1. The number of hydrogen-bond acceptors (Lipinski definition) is 6. The van der Waals surface area contributed by atoms with Gasteiger partial charge in [-0.1, -0.05) is 0 Å². The van der Waals surface area contributed by atoms with Gasteiger partial charge in [0.05, 0.1) is 10.9 Å². The van der Waals surface area contributed by atoms with E-state index in [1.807, 2.05) is 10.3 Å². The van der Waals surface area contributed by atoms with Crippen molar-refractivity contribution >= 4 is 49.2 Å². The fourth-order valence-electron chi connectivity index (χ4n) is 2.86. The third-order valence-electron chi connectivity index (χ3n) is 4.06. The molecule has 1 amide bonds. The van der Waals surface area contributed by atoms with Gasteiger partial charge in [0.2, 0.25) is 0 Å². The fraction of sp³-hybridized carbons (Fsp3) is 0.250. The van der Waals surface area contributed by atoms with Crippen LogP contribution in [0.4, 0.5) is 5.82 Å². The van der Waals surface area contributed by atoms with Crippen molar-refractivity contribution in [3.63, 3.8) is 0 Å². The third kappa shape index (κ3) is 2.87. The minimum absolute atomic E-state index is 0.0202. The molecule has 6 nitrogen and oxygen atoms in total. The van der Waals surface area contributed by atoms with Crippen molar-refractivity contribution in [2.24, 2.45) is 0 Å². The van der Waals surface area contributed by atoms with Gasteiger partial charge in [0, 0.05) is 43.0 Å². The smallest absolute Gasteiger partial charge is 0.255 e. The normalized spacial score (nSPS) is 15.0. The van der Waals surface area contributed by atoms with Crippen molar-refractivity contribution < 1.29 is 4.79 Å². The van der Waals surface area contributed by atoms with Crippen LogP contribution in [-0.2, 0) is 0 Å². The Morgan fingerprint density at radius 1 is 1.17 bits per heavy atom. The minimum Gasteiger partial charge on any atom is -0.352 e. The number of nitrogens with zero attached hydrogens (tertiary/aromatic N) is 5. The molecule has 0 aromatic carbocycles. The van der Waals surface area contributed by atoms with Crippen LogP contribution in [0, 0.1) is 0 Å². The highest BCUT2D eigenvalue weighted by molar-refractivity contribution is 9.10. The molecule has 122 valence electrons. The molecule has 3 aromatic heterocycles. The van der Waals surface area contributed by atoms with E-state index in [4.69, 9.17) is 0 Å². The first-order valence-electron chi connectivity index (χ1n) is 7.55. The Labute approximate surface area is 151 Å². The van der Waals surface area contributed by atoms with Crippen LogP contribution in [-0.4, -0.2) is 51.9 Å². The second kappa shape index (κ2) is 6.45. The lowest BCUT2D eigenvalue weighted by molar-refractivity contribution is 0.0746. The van der Waals surface area contributed by atoms with E-state index in [-0.39, 0.29) is 5.91 Å². The predicted molar refractivity (Wildman–Crippen MR) is 97.5 cm³/mol. The van der Waals surface area contributed by atoms with Crippen LogP contribution in [0.5, 0.6) is 0 Å². The summed E-state index contributed by atoms with van der Waals surface area (Å²) in [6.45, 7) is 2.85. The van der Waals surface area contributed by atoms with Gasteiger partial charge in [0.25, 0.3) is 5.91 Å². The second-order valence-corrected chi connectivity index (χ2v) is 7.32. The average molecular weight is 404 g/mol. The number of pyridine rings is 1. The number of amides is 1. The van der Waals surface area contributed by atoms with Crippen LogP contribution in [0.1, 0.15) is 10.4 Å². The molecule has 4 rings (SSSR count). The van der Waals surface area contributed by atoms with Gasteiger partial charge in [-0.15, -0.1) is 11.3 Å². The van der Waals surface area contributed by atoms with Crippen LogP contribution in [0.3, 0.4) is 0 Å². The van der Waals surface area contributed by atoms with Crippen LogP contribution in [0.25, 0.3) is 10.2 Å². The predicted octanol–water partition coefficient (Wildman–Crippen LogP) is 2.81. The molecular weight excluding hydrogens is 390 g/mol. The number of thiophene rings is 1. The third-order valence-corrected chi connectivity index (χ3v) is 5.31. The van der Waals surface area contributed by atoms with E-state index in [1.165, 1.54) is 0 Å². The van der Waals surface area contributed by atoms with Gasteiger partial charge in [-0.2, -0.15) is 0 Å². The zero-order valence-corrected chi connectivity index (χ0v) is 15.1. The first-order valence-corrected chi connectivity index (χ1v) is 9.22. The average Bonchev–Trinajstić information content (AvgIpc) is 3.10. The van der Waals surface area contributed by atoms with Crippen molar-refractivity contribution in [2.75, 3.05) is 31.1 Å². The summed E-state index contributed by atoms with van der Waals surface area (Å²) in [5, 5.41) is 3.11. The van der Waals surface area contributed by atoms with E-state index >= 15 is 0 Å². The first-order chi connectivity index (χ1) is 11.7. The Balaban J connectivity index is 1.49. The summed E-state index contributed by atoms with van der Waals surface area (Å²) in [6, 6.07) is 3.86. The maximum atomic E-state index is 12.6. The Bertz CT molecular complexity index is 891. The highest BCUT2D eigenvalue weighted by Gasteiger charge is 2.24. The summed E-state index contributed by atoms with van der Waals surface area (Å²) < 4.78 is 0.813. The molecule has 0 atom stereocenters. The molecule has 0 bridgehead atoms. The highest BCUT2D eigenvalue weighted by atomic mass is 79.9. The van der Waals surface area contributed by atoms with Crippen molar-refractivity contribution in [1.82, 2.24) is 19.9 Å². The number of carbonyl (C=O) groups is 1. The fourth-order valence-corrected chi connectivity index (χ4v) is 3.95. The number of piperazine rings is 1. The van der Waals surface area contributed by atoms with Crippen molar-refractivity contribution in [2.45, 2.75) is 0 Å². The lowest BCUT2D eigenvalue weighted by Gasteiger charge is -2.35. The van der Waals surface area contributed by atoms with Gasteiger partial charge in [0.15, 0.2) is 0 Å². The highest BCUT2D eigenvalue weighted by Crippen LogP contribution is 2.27. The largest absolute Gasteiger partial charge is 0.352 e. The van der Waals surface area contributed by atoms with Gasteiger partial charge in [0.1, 0.15) is 17.0 Å². The molecule has 0 aliphatic carbocycles. The van der Waals surface area contributed by atoms with Crippen molar-refractivity contribution in [3.8, 4) is 0 Å². The number of rotatable bonds is 2. The summed E-state index contributed by atoms with van der Waals surface area (Å²) in [7, 11) is 0. The topological polar surface area (TPSA) is 62.2 Å².